The summed E-state index contributed by atoms with van der Waals surface area (Å²) in [6, 6.07) is 7.56. The maximum atomic E-state index is 13.2. The van der Waals surface area contributed by atoms with Gasteiger partial charge in [0.15, 0.2) is 11.5 Å². The first-order chi connectivity index (χ1) is 15.3. The van der Waals surface area contributed by atoms with E-state index < -0.39 is 17.8 Å². The third-order valence-corrected chi connectivity index (χ3v) is 5.89. The highest BCUT2D eigenvalue weighted by atomic mass is 127. The van der Waals surface area contributed by atoms with E-state index in [1.54, 1.807) is 37.3 Å². The molecule has 0 radical (unpaired) electrons. The number of amides is 4. The number of benzene rings is 2. The van der Waals surface area contributed by atoms with Gasteiger partial charge in [0.25, 0.3) is 11.8 Å². The summed E-state index contributed by atoms with van der Waals surface area (Å²) >= 11 is 8.28. The lowest BCUT2D eigenvalue weighted by molar-refractivity contribution is -0.122. The van der Waals surface area contributed by atoms with Crippen molar-refractivity contribution in [2.24, 2.45) is 0 Å². The summed E-state index contributed by atoms with van der Waals surface area (Å²) in [7, 11) is 0. The number of ether oxygens (including phenoxy) is 2. The molecule has 1 N–H and O–H groups in total. The average molecular weight is 569 g/mol. The van der Waals surface area contributed by atoms with Crippen LogP contribution in [0.1, 0.15) is 31.4 Å². The fourth-order valence-corrected chi connectivity index (χ4v) is 4.11. The van der Waals surface area contributed by atoms with Crippen molar-refractivity contribution >= 4 is 63.8 Å². The molecule has 0 unspecified atom stereocenters. The van der Waals surface area contributed by atoms with Gasteiger partial charge in [-0.2, -0.15) is 0 Å². The number of halogens is 2. The molecule has 1 aliphatic heterocycles. The van der Waals surface area contributed by atoms with Crippen LogP contribution in [-0.4, -0.2) is 31.1 Å². The van der Waals surface area contributed by atoms with E-state index in [0.29, 0.717) is 46.5 Å². The monoisotopic (exact) mass is 568 g/mol. The number of imide groups is 2. The van der Waals surface area contributed by atoms with Gasteiger partial charge in [-0.05, 0) is 84.3 Å². The van der Waals surface area contributed by atoms with Crippen LogP contribution in [0.5, 0.6) is 11.5 Å². The Kier molecular flexibility index (Phi) is 7.78. The summed E-state index contributed by atoms with van der Waals surface area (Å²) in [5.74, 6) is -0.372. The van der Waals surface area contributed by atoms with Crippen LogP contribution in [0.4, 0.5) is 10.5 Å². The molecule has 7 nitrogen and oxygen atoms in total. The first-order valence-electron chi connectivity index (χ1n) is 10.0. The topological polar surface area (TPSA) is 84.9 Å². The third kappa shape index (κ3) is 4.91. The molecule has 3 rings (SSSR count). The van der Waals surface area contributed by atoms with Crippen molar-refractivity contribution in [1.29, 1.82) is 0 Å². The van der Waals surface area contributed by atoms with Crippen molar-refractivity contribution in [1.82, 2.24) is 5.32 Å². The minimum atomic E-state index is -0.824. The van der Waals surface area contributed by atoms with Crippen molar-refractivity contribution in [2.45, 2.75) is 27.2 Å². The van der Waals surface area contributed by atoms with E-state index in [1.165, 1.54) is 6.08 Å². The lowest BCUT2D eigenvalue weighted by atomic mass is 10.1. The minimum absolute atomic E-state index is 0.176. The second kappa shape index (κ2) is 10.4. The molecule has 2 aromatic rings. The molecule has 0 saturated carbocycles. The number of urea groups is 1. The number of carbonyl (C=O) groups is 3. The van der Waals surface area contributed by atoms with Crippen LogP contribution in [0.25, 0.3) is 6.08 Å². The Morgan fingerprint density at radius 1 is 1.16 bits per heavy atom. The average Bonchev–Trinajstić information content (AvgIpc) is 2.73. The van der Waals surface area contributed by atoms with Crippen LogP contribution in [0, 0.1) is 10.5 Å². The summed E-state index contributed by atoms with van der Waals surface area (Å²) in [6.45, 7) is 6.52. The molecule has 0 atom stereocenters. The Morgan fingerprint density at radius 2 is 1.91 bits per heavy atom. The molecule has 168 valence electrons. The van der Waals surface area contributed by atoms with E-state index >= 15 is 0 Å². The molecule has 0 spiro atoms. The highest BCUT2D eigenvalue weighted by Gasteiger charge is 2.37. The van der Waals surface area contributed by atoms with E-state index in [-0.39, 0.29) is 5.57 Å². The largest absolute Gasteiger partial charge is 0.490 e. The molecule has 32 heavy (non-hydrogen) atoms. The summed E-state index contributed by atoms with van der Waals surface area (Å²) in [5, 5.41) is 2.63. The molecule has 1 saturated heterocycles. The molecular formula is C23H22ClIN2O5. The molecule has 2 aromatic carbocycles. The summed E-state index contributed by atoms with van der Waals surface area (Å²) < 4.78 is 12.3. The van der Waals surface area contributed by atoms with Crippen molar-refractivity contribution < 1.29 is 23.9 Å². The summed E-state index contributed by atoms with van der Waals surface area (Å²) in [6.07, 6.45) is 2.28. The van der Waals surface area contributed by atoms with Crippen LogP contribution >= 0.6 is 34.2 Å². The van der Waals surface area contributed by atoms with Crippen molar-refractivity contribution in [3.63, 3.8) is 0 Å². The lowest BCUT2D eigenvalue weighted by Crippen LogP contribution is -2.54. The normalized spacial score (nSPS) is 15.2. The van der Waals surface area contributed by atoms with Gasteiger partial charge in [0.05, 0.1) is 22.5 Å². The quantitative estimate of drug-likeness (QED) is 0.285. The van der Waals surface area contributed by atoms with Crippen LogP contribution in [0.2, 0.25) is 5.02 Å². The molecule has 4 amide bonds. The van der Waals surface area contributed by atoms with Gasteiger partial charge in [0, 0.05) is 5.02 Å². The standard InChI is InChI=1S/C23H22ClIN2O5/c1-4-9-32-20-17(25)11-14(12-19(20)31-5-2)10-15-21(28)26-23(30)27(22(15)29)18-8-6-7-16(24)13(18)3/h6-8,10-12H,4-5,9H2,1-3H3,(H,26,28,30)/b15-10+. The Hall–Kier alpha value is -2.59. The van der Waals surface area contributed by atoms with Crippen molar-refractivity contribution in [3.05, 3.63) is 55.6 Å². The predicted octanol–water partition coefficient (Wildman–Crippen LogP) is 5.11. The minimum Gasteiger partial charge on any atom is -0.490 e. The predicted molar refractivity (Wildman–Crippen MR) is 131 cm³/mol. The van der Waals surface area contributed by atoms with Crippen molar-refractivity contribution in [3.8, 4) is 11.5 Å². The van der Waals surface area contributed by atoms with Gasteiger partial charge in [0.1, 0.15) is 5.57 Å². The second-order valence-electron chi connectivity index (χ2n) is 6.95. The van der Waals surface area contributed by atoms with Gasteiger partial charge in [0.2, 0.25) is 0 Å². The van der Waals surface area contributed by atoms with Crippen LogP contribution < -0.4 is 19.7 Å². The maximum absolute atomic E-state index is 13.2. The Bertz CT molecular complexity index is 1120. The number of rotatable bonds is 7. The second-order valence-corrected chi connectivity index (χ2v) is 8.52. The van der Waals surface area contributed by atoms with Crippen LogP contribution in [0.15, 0.2) is 35.9 Å². The highest BCUT2D eigenvalue weighted by molar-refractivity contribution is 14.1. The maximum Gasteiger partial charge on any atom is 0.335 e. The van der Waals surface area contributed by atoms with E-state index in [2.05, 4.69) is 27.9 Å². The van der Waals surface area contributed by atoms with Gasteiger partial charge in [-0.15, -0.1) is 0 Å². The fourth-order valence-electron chi connectivity index (χ4n) is 3.16. The molecule has 0 aromatic heterocycles. The van der Waals surface area contributed by atoms with Crippen LogP contribution in [-0.2, 0) is 9.59 Å². The first-order valence-corrected chi connectivity index (χ1v) is 11.5. The van der Waals surface area contributed by atoms with Gasteiger partial charge < -0.3 is 9.47 Å². The zero-order valence-corrected chi connectivity index (χ0v) is 20.7. The van der Waals surface area contributed by atoms with Crippen molar-refractivity contribution in [2.75, 3.05) is 18.1 Å². The molecule has 9 heteroatoms. The number of hydrogen-bond acceptors (Lipinski definition) is 5. The lowest BCUT2D eigenvalue weighted by Gasteiger charge is -2.27. The Balaban J connectivity index is 2.05. The number of nitrogens with one attached hydrogen (secondary N) is 1. The Morgan fingerprint density at radius 3 is 2.59 bits per heavy atom. The number of hydrogen-bond donors (Lipinski definition) is 1. The molecule has 1 aliphatic rings. The summed E-state index contributed by atoms with van der Waals surface area (Å²) in [4.78, 5) is 39.1. The zero-order valence-electron chi connectivity index (χ0n) is 17.8. The SMILES string of the molecule is CCCOc1c(I)cc(/C=C2\C(=O)NC(=O)N(c3cccc(Cl)c3C)C2=O)cc1OCC. The molecular weight excluding hydrogens is 547 g/mol. The van der Waals surface area contributed by atoms with E-state index in [9.17, 15) is 14.4 Å². The summed E-state index contributed by atoms with van der Waals surface area (Å²) in [5.41, 5.74) is 1.25. The third-order valence-electron chi connectivity index (χ3n) is 4.67. The first kappa shape index (κ1) is 24.1. The molecule has 1 heterocycles. The number of nitrogens with zero attached hydrogens (tertiary/aromatic N) is 1. The number of barbiturate groups is 1. The van der Waals surface area contributed by atoms with Gasteiger partial charge in [-0.3, -0.25) is 14.9 Å². The molecule has 0 aliphatic carbocycles. The number of anilines is 1. The van der Waals surface area contributed by atoms with E-state index in [1.807, 2.05) is 13.8 Å². The fraction of sp³-hybridized carbons (Fsp3) is 0.261. The molecule has 0 bridgehead atoms. The van der Waals surface area contributed by atoms with Crippen LogP contribution in [0.3, 0.4) is 0 Å². The smallest absolute Gasteiger partial charge is 0.335 e. The highest BCUT2D eigenvalue weighted by Crippen LogP contribution is 2.36. The van der Waals surface area contributed by atoms with Gasteiger partial charge in [-0.25, -0.2) is 9.69 Å². The Labute approximate surface area is 204 Å². The van der Waals surface area contributed by atoms with Gasteiger partial charge >= 0.3 is 6.03 Å². The zero-order chi connectivity index (χ0) is 23.4. The number of carbonyl (C=O) groups excluding carboxylic acids is 3. The van der Waals surface area contributed by atoms with Gasteiger partial charge in [-0.1, -0.05) is 24.6 Å². The molecule has 1 fully saturated rings. The van der Waals surface area contributed by atoms with E-state index in [4.69, 9.17) is 21.1 Å². The van der Waals surface area contributed by atoms with E-state index in [0.717, 1.165) is 14.9 Å².